The standard InChI is InChI=1S/C9H17N3S/c1-8(2)7-13-9(10)12-5-3-11-4-6-12/h7,10-11H,3-6H2,1-2H3. The topological polar surface area (TPSA) is 39.1 Å². The number of nitrogens with one attached hydrogen (secondary N) is 2. The molecular weight excluding hydrogens is 182 g/mol. The van der Waals surface area contributed by atoms with Crippen LogP contribution in [0, 0.1) is 5.41 Å². The molecule has 1 aliphatic rings. The van der Waals surface area contributed by atoms with Crippen LogP contribution in [0.5, 0.6) is 0 Å². The monoisotopic (exact) mass is 199 g/mol. The molecule has 0 amide bonds. The number of thioether (sulfide) groups is 1. The van der Waals surface area contributed by atoms with Gasteiger partial charge in [0.1, 0.15) is 0 Å². The summed E-state index contributed by atoms with van der Waals surface area (Å²) < 4.78 is 0. The van der Waals surface area contributed by atoms with Crippen LogP contribution in [0.1, 0.15) is 13.8 Å². The third-order valence-electron chi connectivity index (χ3n) is 1.81. The lowest BCUT2D eigenvalue weighted by molar-refractivity contribution is 0.362. The van der Waals surface area contributed by atoms with Crippen LogP contribution in [-0.4, -0.2) is 36.2 Å². The molecule has 3 nitrogen and oxygen atoms in total. The molecule has 0 spiro atoms. The molecule has 1 fully saturated rings. The quantitative estimate of drug-likeness (QED) is 0.496. The predicted molar refractivity (Wildman–Crippen MR) is 59.2 cm³/mol. The van der Waals surface area contributed by atoms with E-state index in [0.717, 1.165) is 26.2 Å². The van der Waals surface area contributed by atoms with Gasteiger partial charge in [0.15, 0.2) is 5.17 Å². The smallest absolute Gasteiger partial charge is 0.160 e. The lowest BCUT2D eigenvalue weighted by Gasteiger charge is -2.28. The maximum atomic E-state index is 7.79. The van der Waals surface area contributed by atoms with E-state index < -0.39 is 0 Å². The number of amidine groups is 1. The second-order valence-electron chi connectivity index (χ2n) is 3.36. The fraction of sp³-hybridized carbons (Fsp3) is 0.667. The highest BCUT2D eigenvalue weighted by molar-refractivity contribution is 8.16. The first-order valence-electron chi connectivity index (χ1n) is 4.54. The SMILES string of the molecule is CC(C)=CSC(=N)N1CCNCC1. The average Bonchev–Trinajstić information content (AvgIpc) is 2.15. The molecule has 4 heteroatoms. The van der Waals surface area contributed by atoms with Gasteiger partial charge in [-0.15, -0.1) is 0 Å². The number of piperazine rings is 1. The van der Waals surface area contributed by atoms with E-state index in [1.165, 1.54) is 17.3 Å². The molecule has 13 heavy (non-hydrogen) atoms. The van der Waals surface area contributed by atoms with E-state index in [-0.39, 0.29) is 0 Å². The molecule has 1 saturated heterocycles. The molecule has 0 aromatic carbocycles. The fourth-order valence-corrected chi connectivity index (χ4v) is 1.80. The van der Waals surface area contributed by atoms with Crippen molar-refractivity contribution in [3.8, 4) is 0 Å². The van der Waals surface area contributed by atoms with Gasteiger partial charge in [0.25, 0.3) is 0 Å². The Morgan fingerprint density at radius 1 is 1.38 bits per heavy atom. The van der Waals surface area contributed by atoms with E-state index in [1.54, 1.807) is 0 Å². The largest absolute Gasteiger partial charge is 0.349 e. The summed E-state index contributed by atoms with van der Waals surface area (Å²) in [5, 5.41) is 13.8. The van der Waals surface area contributed by atoms with E-state index >= 15 is 0 Å². The second kappa shape index (κ2) is 5.29. The highest BCUT2D eigenvalue weighted by atomic mass is 32.2. The van der Waals surface area contributed by atoms with Gasteiger partial charge in [0, 0.05) is 26.2 Å². The molecule has 0 aromatic heterocycles. The van der Waals surface area contributed by atoms with E-state index in [0.29, 0.717) is 5.17 Å². The first-order valence-corrected chi connectivity index (χ1v) is 5.42. The zero-order valence-electron chi connectivity index (χ0n) is 8.26. The molecule has 1 aliphatic heterocycles. The van der Waals surface area contributed by atoms with E-state index in [4.69, 9.17) is 5.41 Å². The molecule has 0 saturated carbocycles. The lowest BCUT2D eigenvalue weighted by atomic mass is 10.4. The van der Waals surface area contributed by atoms with Gasteiger partial charge in [0.2, 0.25) is 0 Å². The first-order chi connectivity index (χ1) is 6.20. The Kier molecular flexibility index (Phi) is 4.32. The number of allylic oxidation sites excluding steroid dienone is 1. The Morgan fingerprint density at radius 3 is 2.54 bits per heavy atom. The minimum absolute atomic E-state index is 0.669. The van der Waals surface area contributed by atoms with Crippen molar-refractivity contribution in [3.05, 3.63) is 11.0 Å². The molecule has 0 aromatic rings. The van der Waals surface area contributed by atoms with Gasteiger partial charge in [0.05, 0.1) is 0 Å². The Labute approximate surface area is 84.1 Å². The van der Waals surface area contributed by atoms with Crippen LogP contribution in [0.25, 0.3) is 0 Å². The maximum Gasteiger partial charge on any atom is 0.160 e. The summed E-state index contributed by atoms with van der Waals surface area (Å²) in [5.41, 5.74) is 1.25. The molecule has 1 rings (SSSR count). The van der Waals surface area contributed by atoms with Crippen LogP contribution in [0.2, 0.25) is 0 Å². The molecule has 0 unspecified atom stereocenters. The Hall–Kier alpha value is -0.480. The number of rotatable bonds is 1. The number of hydrogen-bond acceptors (Lipinski definition) is 3. The fourth-order valence-electron chi connectivity index (χ4n) is 1.12. The van der Waals surface area contributed by atoms with Crippen molar-refractivity contribution in [2.45, 2.75) is 13.8 Å². The molecule has 0 radical (unpaired) electrons. The normalized spacial score (nSPS) is 16.9. The Bertz CT molecular complexity index is 203. The third kappa shape index (κ3) is 3.83. The van der Waals surface area contributed by atoms with Crippen LogP contribution < -0.4 is 5.32 Å². The van der Waals surface area contributed by atoms with Crippen LogP contribution in [0.15, 0.2) is 11.0 Å². The van der Waals surface area contributed by atoms with E-state index in [2.05, 4.69) is 24.1 Å². The Morgan fingerprint density at radius 2 is 2.00 bits per heavy atom. The average molecular weight is 199 g/mol. The zero-order valence-corrected chi connectivity index (χ0v) is 9.08. The number of nitrogens with zero attached hydrogens (tertiary/aromatic N) is 1. The molecule has 0 atom stereocenters. The van der Waals surface area contributed by atoms with Crippen LogP contribution in [0.3, 0.4) is 0 Å². The van der Waals surface area contributed by atoms with Gasteiger partial charge in [-0.25, -0.2) is 0 Å². The molecule has 74 valence electrons. The maximum absolute atomic E-state index is 7.79. The van der Waals surface area contributed by atoms with Crippen molar-refractivity contribution < 1.29 is 0 Å². The summed E-state index contributed by atoms with van der Waals surface area (Å²) >= 11 is 1.51. The van der Waals surface area contributed by atoms with Gasteiger partial charge in [-0.3, -0.25) is 5.41 Å². The summed E-state index contributed by atoms with van der Waals surface area (Å²) in [5.74, 6) is 0. The van der Waals surface area contributed by atoms with Crippen molar-refractivity contribution >= 4 is 16.9 Å². The molecule has 0 bridgehead atoms. The summed E-state index contributed by atoms with van der Waals surface area (Å²) in [6, 6.07) is 0. The van der Waals surface area contributed by atoms with Gasteiger partial charge < -0.3 is 10.2 Å². The molecular formula is C9H17N3S. The molecule has 1 heterocycles. The first kappa shape index (κ1) is 10.6. The van der Waals surface area contributed by atoms with Crippen LogP contribution in [-0.2, 0) is 0 Å². The van der Waals surface area contributed by atoms with Gasteiger partial charge in [-0.1, -0.05) is 17.3 Å². The van der Waals surface area contributed by atoms with E-state index in [1.807, 2.05) is 5.41 Å². The summed E-state index contributed by atoms with van der Waals surface area (Å²) in [7, 11) is 0. The summed E-state index contributed by atoms with van der Waals surface area (Å²) in [6.45, 7) is 8.02. The minimum atomic E-state index is 0.669. The highest BCUT2D eigenvalue weighted by Crippen LogP contribution is 2.11. The number of hydrogen-bond donors (Lipinski definition) is 2. The van der Waals surface area contributed by atoms with Crippen LogP contribution in [0.4, 0.5) is 0 Å². The van der Waals surface area contributed by atoms with Gasteiger partial charge in [-0.2, -0.15) is 0 Å². The second-order valence-corrected chi connectivity index (χ2v) is 4.21. The summed E-state index contributed by atoms with van der Waals surface area (Å²) in [4.78, 5) is 2.11. The van der Waals surface area contributed by atoms with E-state index in [9.17, 15) is 0 Å². The molecule has 0 aliphatic carbocycles. The predicted octanol–water partition coefficient (Wildman–Crippen LogP) is 1.48. The van der Waals surface area contributed by atoms with Crippen molar-refractivity contribution in [1.29, 1.82) is 5.41 Å². The summed E-state index contributed by atoms with van der Waals surface area (Å²) in [6.07, 6.45) is 0. The van der Waals surface area contributed by atoms with Gasteiger partial charge in [-0.05, 0) is 19.3 Å². The molecule has 2 N–H and O–H groups in total. The van der Waals surface area contributed by atoms with Crippen molar-refractivity contribution in [3.63, 3.8) is 0 Å². The van der Waals surface area contributed by atoms with Crippen molar-refractivity contribution in [1.82, 2.24) is 10.2 Å². The Balaban J connectivity index is 2.33. The van der Waals surface area contributed by atoms with Gasteiger partial charge >= 0.3 is 0 Å². The van der Waals surface area contributed by atoms with Crippen molar-refractivity contribution in [2.24, 2.45) is 0 Å². The minimum Gasteiger partial charge on any atom is -0.349 e. The van der Waals surface area contributed by atoms with Crippen molar-refractivity contribution in [2.75, 3.05) is 26.2 Å². The lowest BCUT2D eigenvalue weighted by Crippen LogP contribution is -2.45. The van der Waals surface area contributed by atoms with Crippen LogP contribution >= 0.6 is 11.8 Å². The third-order valence-corrected chi connectivity index (χ3v) is 2.88. The highest BCUT2D eigenvalue weighted by Gasteiger charge is 2.11. The zero-order chi connectivity index (χ0) is 9.68.